The summed E-state index contributed by atoms with van der Waals surface area (Å²) in [5.74, 6) is -2.44. The van der Waals surface area contributed by atoms with Crippen LogP contribution in [0.2, 0.25) is 0 Å². The standard InChI is InChI=1S/C20H26Cl2F2NO7PS2/c1-4-20(5-2,32-33(26)27)25-35(28,29)19-12(3)13-14(23)16(30-10-6-8-21)17(31-11-7-9-22)15(24)18(13)34-19/h25H,4-11H2,1-3H3/p+1. The summed E-state index contributed by atoms with van der Waals surface area (Å²) in [7, 11) is -7.56. The van der Waals surface area contributed by atoms with Gasteiger partial charge in [-0.1, -0.05) is 18.4 Å². The summed E-state index contributed by atoms with van der Waals surface area (Å²) in [6, 6.07) is 0. The van der Waals surface area contributed by atoms with E-state index < -0.39 is 47.1 Å². The molecule has 2 rings (SSSR count). The zero-order chi connectivity index (χ0) is 26.4. The van der Waals surface area contributed by atoms with Gasteiger partial charge >= 0.3 is 8.25 Å². The molecule has 35 heavy (non-hydrogen) atoms. The lowest BCUT2D eigenvalue weighted by molar-refractivity contribution is 0.0455. The van der Waals surface area contributed by atoms with E-state index in [0.29, 0.717) is 24.2 Å². The number of nitrogens with one attached hydrogen (secondary N) is 1. The van der Waals surface area contributed by atoms with E-state index in [0.717, 1.165) is 0 Å². The SMILES string of the molecule is CCC(CC)(NS(=O)(=O)c1sc2c(F)c(OCCCCl)c(OCCCCl)c(F)c2c1C)O[P+](=O)O. The van der Waals surface area contributed by atoms with Crippen molar-refractivity contribution in [3.05, 3.63) is 17.2 Å². The van der Waals surface area contributed by atoms with Crippen LogP contribution < -0.4 is 14.2 Å². The molecule has 8 nitrogen and oxygen atoms in total. The number of thiophene rings is 1. The predicted molar refractivity (Wildman–Crippen MR) is 133 cm³/mol. The largest absolute Gasteiger partial charge is 0.696 e. The Morgan fingerprint density at radius 3 is 2.03 bits per heavy atom. The quantitative estimate of drug-likeness (QED) is 0.113. The third-order valence-corrected chi connectivity index (χ3v) is 9.60. The van der Waals surface area contributed by atoms with Crippen molar-refractivity contribution in [1.29, 1.82) is 0 Å². The molecule has 198 valence electrons. The maximum atomic E-state index is 15.6. The number of hydrogen-bond acceptors (Lipinski definition) is 7. The Labute approximate surface area is 217 Å². The molecule has 1 atom stereocenters. The molecule has 0 spiro atoms. The Bertz CT molecular complexity index is 1160. The van der Waals surface area contributed by atoms with Crippen molar-refractivity contribution in [2.75, 3.05) is 25.0 Å². The van der Waals surface area contributed by atoms with Gasteiger partial charge in [-0.05, 0) is 38.2 Å². The molecule has 1 heterocycles. The van der Waals surface area contributed by atoms with Gasteiger partial charge in [0.05, 0.1) is 17.9 Å². The second-order valence-corrected chi connectivity index (χ2v) is 11.7. The van der Waals surface area contributed by atoms with E-state index >= 15 is 8.78 Å². The molecular formula is C20H27Cl2F2NO7PS2+. The van der Waals surface area contributed by atoms with Gasteiger partial charge < -0.3 is 9.47 Å². The average molecular weight is 597 g/mol. The predicted octanol–water partition coefficient (Wildman–Crippen LogP) is 5.96. The summed E-state index contributed by atoms with van der Waals surface area (Å²) in [6.07, 6.45) is 0.761. The van der Waals surface area contributed by atoms with Crippen LogP contribution >= 0.6 is 42.8 Å². The van der Waals surface area contributed by atoms with Crippen molar-refractivity contribution in [1.82, 2.24) is 4.72 Å². The van der Waals surface area contributed by atoms with Crippen LogP contribution in [0, 0.1) is 18.6 Å². The molecular weight excluding hydrogens is 570 g/mol. The number of hydrogen-bond donors (Lipinski definition) is 2. The Morgan fingerprint density at radius 1 is 1.06 bits per heavy atom. The highest BCUT2D eigenvalue weighted by atomic mass is 35.5. The normalized spacial score (nSPS) is 12.9. The van der Waals surface area contributed by atoms with E-state index in [1.807, 2.05) is 0 Å². The summed E-state index contributed by atoms with van der Waals surface area (Å²) >= 11 is 11.8. The maximum absolute atomic E-state index is 15.6. The van der Waals surface area contributed by atoms with E-state index in [2.05, 4.69) is 4.72 Å². The molecule has 0 fully saturated rings. The fraction of sp³-hybridized carbons (Fsp3) is 0.600. The zero-order valence-electron chi connectivity index (χ0n) is 19.3. The molecule has 1 aromatic heterocycles. The van der Waals surface area contributed by atoms with Crippen LogP contribution in [0.4, 0.5) is 8.78 Å². The number of fused-ring (bicyclic) bond motifs is 1. The number of alkyl halides is 2. The van der Waals surface area contributed by atoms with Gasteiger partial charge in [-0.3, -0.25) is 0 Å². The number of ether oxygens (including phenoxy) is 2. The minimum absolute atomic E-state index is 0.0134. The summed E-state index contributed by atoms with van der Waals surface area (Å²) in [4.78, 5) is 9.21. The first-order chi connectivity index (χ1) is 16.5. The number of rotatable bonds is 15. The van der Waals surface area contributed by atoms with E-state index in [1.54, 1.807) is 13.8 Å². The van der Waals surface area contributed by atoms with Gasteiger partial charge in [-0.25, -0.2) is 17.2 Å². The fourth-order valence-corrected chi connectivity index (χ4v) is 7.36. The Morgan fingerprint density at radius 2 is 1.57 bits per heavy atom. The van der Waals surface area contributed by atoms with E-state index in [4.69, 9.17) is 37.2 Å². The molecule has 0 saturated heterocycles. The molecule has 0 aliphatic rings. The van der Waals surface area contributed by atoms with Gasteiger partial charge in [0, 0.05) is 21.7 Å². The number of benzene rings is 1. The molecule has 1 unspecified atom stereocenters. The molecule has 0 bridgehead atoms. The lowest BCUT2D eigenvalue weighted by Gasteiger charge is -2.25. The van der Waals surface area contributed by atoms with Crippen molar-refractivity contribution in [3.8, 4) is 11.5 Å². The highest BCUT2D eigenvalue weighted by molar-refractivity contribution is 7.91. The summed E-state index contributed by atoms with van der Waals surface area (Å²) < 4.78 is 86.4. The van der Waals surface area contributed by atoms with Crippen molar-refractivity contribution in [2.24, 2.45) is 0 Å². The second-order valence-electron chi connectivity index (χ2n) is 7.42. The molecule has 0 aliphatic carbocycles. The molecule has 15 heteroatoms. The topological polar surface area (TPSA) is 111 Å². The van der Waals surface area contributed by atoms with E-state index in [1.165, 1.54) is 6.92 Å². The van der Waals surface area contributed by atoms with Crippen LogP contribution in [0.3, 0.4) is 0 Å². The van der Waals surface area contributed by atoms with Gasteiger partial charge in [-0.2, -0.15) is 4.72 Å². The van der Waals surface area contributed by atoms with Crippen LogP contribution in [0.1, 0.15) is 45.1 Å². The highest BCUT2D eigenvalue weighted by Crippen LogP contribution is 2.46. The van der Waals surface area contributed by atoms with Crippen molar-refractivity contribution in [2.45, 2.75) is 56.4 Å². The van der Waals surface area contributed by atoms with Crippen LogP contribution in [-0.2, 0) is 19.1 Å². The van der Waals surface area contributed by atoms with Crippen LogP contribution in [-0.4, -0.2) is 44.0 Å². The first-order valence-corrected chi connectivity index (χ1v) is 15.2. The Balaban J connectivity index is 2.68. The van der Waals surface area contributed by atoms with E-state index in [-0.39, 0.29) is 57.7 Å². The fourth-order valence-electron chi connectivity index (χ4n) is 3.28. The van der Waals surface area contributed by atoms with Crippen LogP contribution in [0.15, 0.2) is 4.21 Å². The van der Waals surface area contributed by atoms with Gasteiger partial charge in [0.1, 0.15) is 4.21 Å². The minimum atomic E-state index is -4.43. The van der Waals surface area contributed by atoms with Crippen LogP contribution in [0.25, 0.3) is 10.1 Å². The zero-order valence-corrected chi connectivity index (χ0v) is 23.4. The minimum Gasteiger partial charge on any atom is -0.487 e. The first-order valence-electron chi connectivity index (χ1n) is 10.7. The number of aryl methyl sites for hydroxylation is 1. The third-order valence-electron chi connectivity index (χ3n) is 5.14. The number of sulfonamides is 1. The van der Waals surface area contributed by atoms with E-state index in [9.17, 15) is 17.9 Å². The molecule has 0 radical (unpaired) electrons. The lowest BCUT2D eigenvalue weighted by atomic mass is 10.1. The van der Waals surface area contributed by atoms with Gasteiger partial charge in [0.25, 0.3) is 10.0 Å². The third kappa shape index (κ3) is 6.93. The molecule has 1 aromatic carbocycles. The molecule has 2 aromatic rings. The Kier molecular flexibility index (Phi) is 11.4. The highest BCUT2D eigenvalue weighted by Gasteiger charge is 2.42. The van der Waals surface area contributed by atoms with Gasteiger partial charge in [0.2, 0.25) is 11.5 Å². The second kappa shape index (κ2) is 13.1. The summed E-state index contributed by atoms with van der Waals surface area (Å²) in [5.41, 5.74) is -1.75. The molecule has 0 amide bonds. The van der Waals surface area contributed by atoms with Crippen molar-refractivity contribution < 1.29 is 40.7 Å². The summed E-state index contributed by atoms with van der Waals surface area (Å²) in [5, 5.41) is -0.272. The molecule has 0 aliphatic heterocycles. The van der Waals surface area contributed by atoms with Gasteiger partial charge in [0.15, 0.2) is 17.4 Å². The van der Waals surface area contributed by atoms with Crippen LogP contribution in [0.5, 0.6) is 11.5 Å². The van der Waals surface area contributed by atoms with Crippen molar-refractivity contribution in [3.63, 3.8) is 0 Å². The average Bonchev–Trinajstić information content (AvgIpc) is 3.16. The molecule has 0 saturated carbocycles. The smallest absolute Gasteiger partial charge is 0.487 e. The summed E-state index contributed by atoms with van der Waals surface area (Å²) in [6.45, 7) is 4.44. The lowest BCUT2D eigenvalue weighted by Crippen LogP contribution is -2.48. The monoisotopic (exact) mass is 596 g/mol. The number of halogens is 4. The van der Waals surface area contributed by atoms with Gasteiger partial charge in [-0.15, -0.1) is 39.4 Å². The first kappa shape index (κ1) is 30.4. The molecule has 2 N–H and O–H groups in total. The Hall–Kier alpha value is -0.850. The maximum Gasteiger partial charge on any atom is 0.696 e. The van der Waals surface area contributed by atoms with Crippen molar-refractivity contribution >= 4 is 62.9 Å².